The van der Waals surface area contributed by atoms with Gasteiger partial charge in [0.15, 0.2) is 5.96 Å². The third kappa shape index (κ3) is 4.00. The summed E-state index contributed by atoms with van der Waals surface area (Å²) >= 11 is 0. The Morgan fingerprint density at radius 1 is 1.20 bits per heavy atom. The molecular formula is C15H33IN4. The quantitative estimate of drug-likeness (QED) is 0.441. The third-order valence-electron chi connectivity index (χ3n) is 4.96. The summed E-state index contributed by atoms with van der Waals surface area (Å²) < 4.78 is 0. The third-order valence-corrected chi connectivity index (χ3v) is 4.96. The first-order valence-electron chi connectivity index (χ1n) is 7.50. The molecule has 0 amide bonds. The maximum Gasteiger partial charge on any atom is 0.194 e. The Hall–Kier alpha value is -0.0400. The van der Waals surface area contributed by atoms with Crippen LogP contribution in [0.15, 0.2) is 4.99 Å². The molecule has 0 aromatic heterocycles. The van der Waals surface area contributed by atoms with Crippen molar-refractivity contribution >= 4 is 29.9 Å². The highest BCUT2D eigenvalue weighted by molar-refractivity contribution is 14.0. The van der Waals surface area contributed by atoms with E-state index < -0.39 is 0 Å². The number of nitrogens with one attached hydrogen (secondary N) is 1. The number of likely N-dealkylation sites (tertiary alicyclic amines) is 1. The molecule has 1 N–H and O–H groups in total. The molecule has 1 heterocycles. The average Bonchev–Trinajstić information content (AvgIpc) is 2.37. The first kappa shape index (κ1) is 20.0. The van der Waals surface area contributed by atoms with Crippen LogP contribution < -0.4 is 5.32 Å². The lowest BCUT2D eigenvalue weighted by Gasteiger charge is -2.62. The molecule has 0 radical (unpaired) electrons. The van der Waals surface area contributed by atoms with Crippen LogP contribution >= 0.6 is 24.0 Å². The van der Waals surface area contributed by atoms with Crippen LogP contribution in [0.1, 0.15) is 41.5 Å². The van der Waals surface area contributed by atoms with Gasteiger partial charge >= 0.3 is 0 Å². The van der Waals surface area contributed by atoms with Crippen molar-refractivity contribution in [2.24, 2.45) is 10.4 Å². The SMILES string of the molecule is CCN(CC)CCNC(=NC)N1CC(C)(C)C1(C)C.I. The number of guanidine groups is 1. The van der Waals surface area contributed by atoms with Gasteiger partial charge < -0.3 is 15.1 Å². The molecular weight excluding hydrogens is 363 g/mol. The van der Waals surface area contributed by atoms with Crippen molar-refractivity contribution < 1.29 is 0 Å². The number of hydrogen-bond acceptors (Lipinski definition) is 2. The van der Waals surface area contributed by atoms with Crippen molar-refractivity contribution in [1.29, 1.82) is 0 Å². The first-order valence-corrected chi connectivity index (χ1v) is 7.50. The lowest BCUT2D eigenvalue weighted by molar-refractivity contribution is -0.0667. The zero-order chi connectivity index (χ0) is 14.7. The fourth-order valence-corrected chi connectivity index (χ4v) is 2.56. The van der Waals surface area contributed by atoms with Crippen LogP contribution in [0.25, 0.3) is 0 Å². The van der Waals surface area contributed by atoms with E-state index >= 15 is 0 Å². The van der Waals surface area contributed by atoms with Gasteiger partial charge in [-0.2, -0.15) is 0 Å². The minimum absolute atomic E-state index is 0. The van der Waals surface area contributed by atoms with Gasteiger partial charge in [-0.15, -0.1) is 24.0 Å². The van der Waals surface area contributed by atoms with Crippen molar-refractivity contribution in [2.75, 3.05) is 39.8 Å². The summed E-state index contributed by atoms with van der Waals surface area (Å²) in [6.07, 6.45) is 0. The van der Waals surface area contributed by atoms with Gasteiger partial charge in [0.05, 0.1) is 0 Å². The Labute approximate surface area is 142 Å². The van der Waals surface area contributed by atoms with Gasteiger partial charge in [0.1, 0.15) is 0 Å². The number of hydrogen-bond donors (Lipinski definition) is 1. The molecule has 0 aromatic carbocycles. The van der Waals surface area contributed by atoms with Gasteiger partial charge in [0.25, 0.3) is 0 Å². The standard InChI is InChI=1S/C15H32N4.HI/c1-8-18(9-2)11-10-17-13(16-7)19-12-14(3,4)15(19,5)6;/h8-12H2,1-7H3,(H,16,17);1H. The second-order valence-electron chi connectivity index (χ2n) is 6.53. The Morgan fingerprint density at radius 2 is 1.75 bits per heavy atom. The molecule has 0 aliphatic carbocycles. The predicted molar refractivity (Wildman–Crippen MR) is 99.1 cm³/mol. The predicted octanol–water partition coefficient (Wildman–Crippen LogP) is 2.64. The second-order valence-corrected chi connectivity index (χ2v) is 6.53. The van der Waals surface area contributed by atoms with E-state index in [4.69, 9.17) is 0 Å². The molecule has 1 rings (SSSR count). The maximum atomic E-state index is 4.43. The van der Waals surface area contributed by atoms with E-state index in [1.54, 1.807) is 0 Å². The summed E-state index contributed by atoms with van der Waals surface area (Å²) in [4.78, 5) is 9.24. The number of halogens is 1. The van der Waals surface area contributed by atoms with Crippen molar-refractivity contribution in [3.05, 3.63) is 0 Å². The Balaban J connectivity index is 0.00000361. The lowest BCUT2D eigenvalue weighted by atomic mass is 9.65. The highest BCUT2D eigenvalue weighted by atomic mass is 127. The van der Waals surface area contributed by atoms with Crippen LogP contribution in [0.3, 0.4) is 0 Å². The highest BCUT2D eigenvalue weighted by Gasteiger charge is 2.53. The average molecular weight is 396 g/mol. The maximum absolute atomic E-state index is 4.43. The second kappa shape index (κ2) is 7.82. The summed E-state index contributed by atoms with van der Waals surface area (Å²) in [5, 5.41) is 3.50. The molecule has 0 unspecified atom stereocenters. The lowest BCUT2D eigenvalue weighted by Crippen LogP contribution is -2.72. The van der Waals surface area contributed by atoms with Crippen LogP contribution in [0.2, 0.25) is 0 Å². The van der Waals surface area contributed by atoms with Gasteiger partial charge in [-0.25, -0.2) is 0 Å². The molecule has 1 fully saturated rings. The monoisotopic (exact) mass is 396 g/mol. The van der Waals surface area contributed by atoms with E-state index in [-0.39, 0.29) is 29.5 Å². The van der Waals surface area contributed by atoms with Gasteiger partial charge in [-0.1, -0.05) is 27.7 Å². The van der Waals surface area contributed by atoms with Crippen LogP contribution in [-0.2, 0) is 0 Å². The van der Waals surface area contributed by atoms with Crippen LogP contribution in [-0.4, -0.2) is 61.1 Å². The summed E-state index contributed by atoms with van der Waals surface area (Å²) in [7, 11) is 1.88. The molecule has 5 heteroatoms. The zero-order valence-corrected chi connectivity index (χ0v) is 16.6. The normalized spacial score (nSPS) is 20.4. The first-order chi connectivity index (χ1) is 8.80. The molecule has 0 saturated carbocycles. The summed E-state index contributed by atoms with van der Waals surface area (Å²) in [5.41, 5.74) is 0.521. The van der Waals surface area contributed by atoms with E-state index in [1.807, 2.05) is 7.05 Å². The van der Waals surface area contributed by atoms with Gasteiger partial charge in [0.2, 0.25) is 0 Å². The van der Waals surface area contributed by atoms with Crippen molar-refractivity contribution in [3.8, 4) is 0 Å². The molecule has 0 aromatic rings. The van der Waals surface area contributed by atoms with Crippen molar-refractivity contribution in [1.82, 2.24) is 15.1 Å². The van der Waals surface area contributed by atoms with E-state index in [9.17, 15) is 0 Å². The minimum atomic E-state index is 0. The number of nitrogens with zero attached hydrogens (tertiary/aromatic N) is 3. The van der Waals surface area contributed by atoms with Gasteiger partial charge in [-0.05, 0) is 26.9 Å². The summed E-state index contributed by atoms with van der Waals surface area (Å²) in [6, 6.07) is 0. The van der Waals surface area contributed by atoms with E-state index in [2.05, 4.69) is 61.7 Å². The smallest absolute Gasteiger partial charge is 0.194 e. The van der Waals surface area contributed by atoms with E-state index in [0.29, 0.717) is 5.41 Å². The fourth-order valence-electron chi connectivity index (χ4n) is 2.56. The Morgan fingerprint density at radius 3 is 2.10 bits per heavy atom. The van der Waals surface area contributed by atoms with E-state index in [1.165, 1.54) is 0 Å². The topological polar surface area (TPSA) is 30.9 Å². The van der Waals surface area contributed by atoms with Gasteiger partial charge in [-0.3, -0.25) is 4.99 Å². The minimum Gasteiger partial charge on any atom is -0.355 e. The molecule has 120 valence electrons. The molecule has 1 aliphatic heterocycles. The molecule has 1 saturated heterocycles. The molecule has 4 nitrogen and oxygen atoms in total. The molecule has 1 aliphatic rings. The van der Waals surface area contributed by atoms with Gasteiger partial charge in [0, 0.05) is 37.6 Å². The molecule has 0 bridgehead atoms. The highest BCUT2D eigenvalue weighted by Crippen LogP contribution is 2.46. The van der Waals surface area contributed by atoms with E-state index in [0.717, 1.165) is 38.7 Å². The summed E-state index contributed by atoms with van der Waals surface area (Å²) in [6.45, 7) is 19.0. The van der Waals surface area contributed by atoms with Crippen LogP contribution in [0.5, 0.6) is 0 Å². The fraction of sp³-hybridized carbons (Fsp3) is 0.933. The van der Waals surface area contributed by atoms with Crippen LogP contribution in [0, 0.1) is 5.41 Å². The molecule has 20 heavy (non-hydrogen) atoms. The zero-order valence-electron chi connectivity index (χ0n) is 14.3. The Bertz CT molecular complexity index is 322. The molecule has 0 spiro atoms. The van der Waals surface area contributed by atoms with Crippen molar-refractivity contribution in [3.63, 3.8) is 0 Å². The number of rotatable bonds is 5. The van der Waals surface area contributed by atoms with Crippen molar-refractivity contribution in [2.45, 2.75) is 47.1 Å². The Kier molecular flexibility index (Phi) is 7.81. The number of aliphatic imine (C=N–C) groups is 1. The summed E-state index contributed by atoms with van der Waals surface area (Å²) in [5.74, 6) is 1.04. The molecule has 0 atom stereocenters. The van der Waals surface area contributed by atoms with Crippen LogP contribution in [0.4, 0.5) is 0 Å². The largest absolute Gasteiger partial charge is 0.355 e. The number of likely N-dealkylation sites (N-methyl/N-ethyl adjacent to an activating group) is 1.